The molecule has 2 heterocycles. The van der Waals surface area contributed by atoms with Crippen molar-refractivity contribution in [1.29, 1.82) is 0 Å². The predicted molar refractivity (Wildman–Crippen MR) is 96.9 cm³/mol. The zero-order valence-corrected chi connectivity index (χ0v) is 14.4. The number of nitrogens with zero attached hydrogens (tertiary/aromatic N) is 2. The van der Waals surface area contributed by atoms with Crippen molar-refractivity contribution in [2.75, 3.05) is 35.7 Å². The molecule has 0 aliphatic carbocycles. The molecule has 2 aromatic rings. The third kappa shape index (κ3) is 3.64. The van der Waals surface area contributed by atoms with Gasteiger partial charge in [0, 0.05) is 31.5 Å². The van der Waals surface area contributed by atoms with E-state index in [1.807, 2.05) is 19.1 Å². The summed E-state index contributed by atoms with van der Waals surface area (Å²) in [5.74, 6) is -0.104. The molecular formula is C17H22N4OS. The van der Waals surface area contributed by atoms with Crippen LogP contribution in [0.15, 0.2) is 24.3 Å². The number of anilines is 3. The molecular weight excluding hydrogens is 308 g/mol. The monoisotopic (exact) mass is 330 g/mol. The Kier molecular flexibility index (Phi) is 4.81. The van der Waals surface area contributed by atoms with E-state index in [9.17, 15) is 4.79 Å². The van der Waals surface area contributed by atoms with Crippen molar-refractivity contribution in [1.82, 2.24) is 4.98 Å². The van der Waals surface area contributed by atoms with Crippen LogP contribution in [0.5, 0.6) is 0 Å². The molecule has 0 atom stereocenters. The molecule has 122 valence electrons. The Bertz CT molecular complexity index is 674. The van der Waals surface area contributed by atoms with Gasteiger partial charge in [0.2, 0.25) is 0 Å². The first-order valence-electron chi connectivity index (χ1n) is 7.99. The number of rotatable bonds is 4. The van der Waals surface area contributed by atoms with E-state index < -0.39 is 0 Å². The number of carbonyl (C=O) groups is 1. The Balaban J connectivity index is 1.67. The van der Waals surface area contributed by atoms with Gasteiger partial charge in [-0.15, -0.1) is 0 Å². The van der Waals surface area contributed by atoms with Crippen LogP contribution in [0.3, 0.4) is 0 Å². The molecule has 3 rings (SSSR count). The molecule has 1 saturated heterocycles. The van der Waals surface area contributed by atoms with Crippen molar-refractivity contribution in [3.63, 3.8) is 0 Å². The molecule has 2 N–H and O–H groups in total. The number of thiazole rings is 1. The minimum Gasteiger partial charge on any atom is -0.372 e. The maximum absolute atomic E-state index is 12.4. The molecule has 1 aliphatic rings. The van der Waals surface area contributed by atoms with Gasteiger partial charge in [-0.25, -0.2) is 4.98 Å². The summed E-state index contributed by atoms with van der Waals surface area (Å²) in [6.07, 6.45) is 3.85. The average Bonchev–Trinajstić information content (AvgIpc) is 2.97. The zero-order valence-electron chi connectivity index (χ0n) is 13.6. The highest BCUT2D eigenvalue weighted by atomic mass is 32.1. The number of hydrogen-bond acceptors (Lipinski definition) is 5. The van der Waals surface area contributed by atoms with E-state index in [2.05, 4.69) is 32.7 Å². The maximum atomic E-state index is 12.4. The van der Waals surface area contributed by atoms with Crippen LogP contribution in [0.25, 0.3) is 0 Å². The summed E-state index contributed by atoms with van der Waals surface area (Å²) < 4.78 is 0. The van der Waals surface area contributed by atoms with E-state index in [1.54, 1.807) is 7.05 Å². The van der Waals surface area contributed by atoms with Crippen LogP contribution in [-0.2, 0) is 0 Å². The second-order valence-corrected chi connectivity index (χ2v) is 6.73. The van der Waals surface area contributed by atoms with E-state index in [4.69, 9.17) is 0 Å². The normalized spacial score (nSPS) is 14.6. The second-order valence-electron chi connectivity index (χ2n) is 5.73. The fourth-order valence-electron chi connectivity index (χ4n) is 2.81. The number of aromatic nitrogens is 1. The molecule has 5 nitrogen and oxygen atoms in total. The summed E-state index contributed by atoms with van der Waals surface area (Å²) in [7, 11) is 1.80. The fourth-order valence-corrected chi connectivity index (χ4v) is 3.62. The van der Waals surface area contributed by atoms with Gasteiger partial charge in [0.25, 0.3) is 5.91 Å². The van der Waals surface area contributed by atoms with E-state index in [0.717, 1.165) is 29.6 Å². The van der Waals surface area contributed by atoms with Crippen molar-refractivity contribution < 1.29 is 4.79 Å². The third-order valence-corrected chi connectivity index (χ3v) is 5.24. The Hall–Kier alpha value is -2.08. The van der Waals surface area contributed by atoms with Crippen molar-refractivity contribution in [2.45, 2.75) is 26.2 Å². The first-order valence-corrected chi connectivity index (χ1v) is 8.80. The summed E-state index contributed by atoms with van der Waals surface area (Å²) in [6.45, 7) is 4.10. The number of amides is 1. The SMILES string of the molecule is CNc1nc(C)c(C(=O)Nc2ccc(N3CCCCC3)cc2)s1. The van der Waals surface area contributed by atoms with Crippen LogP contribution in [0.1, 0.15) is 34.6 Å². The molecule has 0 bridgehead atoms. The number of aryl methyl sites for hydroxylation is 1. The molecule has 0 saturated carbocycles. The quantitative estimate of drug-likeness (QED) is 0.897. The topological polar surface area (TPSA) is 57.3 Å². The first kappa shape index (κ1) is 15.8. The largest absolute Gasteiger partial charge is 0.372 e. The van der Waals surface area contributed by atoms with E-state index in [-0.39, 0.29) is 5.91 Å². The Labute approximate surface area is 140 Å². The molecule has 1 aromatic heterocycles. The van der Waals surface area contributed by atoms with Gasteiger partial charge in [0.1, 0.15) is 4.88 Å². The number of carbonyl (C=O) groups excluding carboxylic acids is 1. The standard InChI is InChI=1S/C17H22N4OS/c1-12-15(23-17(18-2)19-12)16(22)20-13-6-8-14(9-7-13)21-10-4-3-5-11-21/h6-9H,3-5,10-11H2,1-2H3,(H,18,19)(H,20,22). The van der Waals surface area contributed by atoms with Crippen LogP contribution in [0.2, 0.25) is 0 Å². The minimum atomic E-state index is -0.104. The predicted octanol–water partition coefficient (Wildman–Crippen LogP) is 3.74. The minimum absolute atomic E-state index is 0.104. The van der Waals surface area contributed by atoms with Crippen LogP contribution in [0, 0.1) is 6.92 Å². The summed E-state index contributed by atoms with van der Waals surface area (Å²) in [5, 5.41) is 6.68. The van der Waals surface area contributed by atoms with E-state index in [0.29, 0.717) is 4.88 Å². The average molecular weight is 330 g/mol. The van der Waals surface area contributed by atoms with Crippen molar-refractivity contribution in [3.8, 4) is 0 Å². The summed E-state index contributed by atoms with van der Waals surface area (Å²) in [6, 6.07) is 8.10. The molecule has 0 spiro atoms. The fraction of sp³-hybridized carbons (Fsp3) is 0.412. The van der Waals surface area contributed by atoms with Gasteiger partial charge in [0.15, 0.2) is 5.13 Å². The lowest BCUT2D eigenvalue weighted by molar-refractivity contribution is 0.103. The van der Waals surface area contributed by atoms with E-state index in [1.165, 1.54) is 36.3 Å². The van der Waals surface area contributed by atoms with Gasteiger partial charge < -0.3 is 15.5 Å². The molecule has 1 fully saturated rings. The van der Waals surface area contributed by atoms with Crippen LogP contribution >= 0.6 is 11.3 Å². The lowest BCUT2D eigenvalue weighted by Gasteiger charge is -2.28. The van der Waals surface area contributed by atoms with Crippen molar-refractivity contribution in [3.05, 3.63) is 34.8 Å². The highest BCUT2D eigenvalue weighted by Gasteiger charge is 2.15. The Morgan fingerprint density at radius 3 is 2.48 bits per heavy atom. The first-order chi connectivity index (χ1) is 11.2. The molecule has 1 aromatic carbocycles. The number of nitrogens with one attached hydrogen (secondary N) is 2. The van der Waals surface area contributed by atoms with E-state index >= 15 is 0 Å². The summed E-state index contributed by atoms with van der Waals surface area (Å²) >= 11 is 1.37. The van der Waals surface area contributed by atoms with Gasteiger partial charge >= 0.3 is 0 Å². The molecule has 23 heavy (non-hydrogen) atoms. The van der Waals surface area contributed by atoms with Crippen LogP contribution in [0.4, 0.5) is 16.5 Å². The van der Waals surface area contributed by atoms with Crippen LogP contribution in [-0.4, -0.2) is 31.0 Å². The summed E-state index contributed by atoms with van der Waals surface area (Å²) in [5.41, 5.74) is 2.80. The van der Waals surface area contributed by atoms with Crippen molar-refractivity contribution in [2.24, 2.45) is 0 Å². The zero-order chi connectivity index (χ0) is 16.2. The molecule has 1 amide bonds. The summed E-state index contributed by atoms with van der Waals surface area (Å²) in [4.78, 5) is 19.7. The second kappa shape index (κ2) is 7.00. The van der Waals surface area contributed by atoms with Gasteiger partial charge in [-0.3, -0.25) is 4.79 Å². The highest BCUT2D eigenvalue weighted by Crippen LogP contribution is 2.25. The number of hydrogen-bond donors (Lipinski definition) is 2. The lowest BCUT2D eigenvalue weighted by atomic mass is 10.1. The van der Waals surface area contributed by atoms with Gasteiger partial charge in [0.05, 0.1) is 5.69 Å². The molecule has 0 radical (unpaired) electrons. The van der Waals surface area contributed by atoms with Gasteiger partial charge in [-0.05, 0) is 50.5 Å². The van der Waals surface area contributed by atoms with Gasteiger partial charge in [-0.1, -0.05) is 11.3 Å². The van der Waals surface area contributed by atoms with Crippen molar-refractivity contribution >= 4 is 33.8 Å². The Morgan fingerprint density at radius 1 is 1.17 bits per heavy atom. The number of benzene rings is 1. The van der Waals surface area contributed by atoms with Gasteiger partial charge in [-0.2, -0.15) is 0 Å². The third-order valence-electron chi connectivity index (χ3n) is 4.06. The highest BCUT2D eigenvalue weighted by molar-refractivity contribution is 7.17. The maximum Gasteiger partial charge on any atom is 0.267 e. The Morgan fingerprint density at radius 2 is 1.87 bits per heavy atom. The van der Waals surface area contributed by atoms with Crippen LogP contribution < -0.4 is 15.5 Å². The molecule has 6 heteroatoms. The smallest absolute Gasteiger partial charge is 0.267 e. The lowest BCUT2D eigenvalue weighted by Crippen LogP contribution is -2.29. The molecule has 1 aliphatic heterocycles. The number of piperidine rings is 1. The molecule has 0 unspecified atom stereocenters.